The van der Waals surface area contributed by atoms with Crippen LogP contribution in [0, 0.1) is 6.92 Å². The lowest BCUT2D eigenvalue weighted by atomic mass is 9.86. The Morgan fingerprint density at radius 3 is 1.59 bits per heavy atom. The van der Waals surface area contributed by atoms with Crippen LogP contribution in [-0.2, 0) is 16.2 Å². The highest BCUT2D eigenvalue weighted by Crippen LogP contribution is 2.51. The van der Waals surface area contributed by atoms with Gasteiger partial charge in [0.2, 0.25) is 0 Å². The summed E-state index contributed by atoms with van der Waals surface area (Å²) in [5.41, 5.74) is 12.7. The molecule has 0 fully saturated rings. The molecule has 56 heavy (non-hydrogen) atoms. The number of benzene rings is 6. The van der Waals surface area contributed by atoms with E-state index in [1.54, 1.807) is 11.3 Å². The van der Waals surface area contributed by atoms with Crippen molar-refractivity contribution in [3.05, 3.63) is 154 Å². The Kier molecular flexibility index (Phi) is 9.38. The minimum Gasteiger partial charge on any atom is -0.456 e. The molecule has 0 spiro atoms. The second-order valence-electron chi connectivity index (χ2n) is 18.2. The number of rotatable bonds is 6. The Balaban J connectivity index is 1.41. The summed E-state index contributed by atoms with van der Waals surface area (Å²) in [7, 11) is 0. The fraction of sp³-hybridized carbons (Fsp3) is 0.255. The standard InChI is InChI=1S/C51H51ClN2OS/c1-32-28-41(53(36-23-18-33(19-24-36)49(2,3)4)40-15-13-17-45-47(40)38-14-11-12-16-44(38)55-45)48(52)42(29-32)54(37-25-20-34(21-26-37)50(5,6)7)43-31-56-46-27-22-35(30-39(43)46)51(8,9)10/h11-31H,1-10H3. The van der Waals surface area contributed by atoms with E-state index in [-0.39, 0.29) is 16.2 Å². The average molecular weight is 776 g/mol. The lowest BCUT2D eigenvalue weighted by molar-refractivity contribution is 0.590. The van der Waals surface area contributed by atoms with Crippen molar-refractivity contribution >= 4 is 89.1 Å². The SMILES string of the molecule is Cc1cc(N(c2ccc(C(C)(C)C)cc2)c2csc3ccc(C(C)(C)C)cc23)c(Cl)c(N(c2ccc(C(C)(C)C)cc2)c2cccc3oc4ccccc4c23)c1. The first-order valence-corrected chi connectivity index (χ1v) is 20.8. The number of thiophene rings is 1. The summed E-state index contributed by atoms with van der Waals surface area (Å²) in [6.45, 7) is 22.5. The van der Waals surface area contributed by atoms with Crippen molar-refractivity contribution in [3.63, 3.8) is 0 Å². The van der Waals surface area contributed by atoms with Crippen molar-refractivity contribution in [1.82, 2.24) is 0 Å². The lowest BCUT2D eigenvalue weighted by Gasteiger charge is -2.32. The van der Waals surface area contributed by atoms with Crippen LogP contribution in [0.4, 0.5) is 34.1 Å². The zero-order valence-electron chi connectivity index (χ0n) is 34.2. The maximum Gasteiger partial charge on any atom is 0.137 e. The van der Waals surface area contributed by atoms with E-state index in [9.17, 15) is 0 Å². The van der Waals surface area contributed by atoms with Gasteiger partial charge in [-0.05, 0) is 112 Å². The minimum absolute atomic E-state index is 0.00203. The van der Waals surface area contributed by atoms with Gasteiger partial charge in [0, 0.05) is 32.2 Å². The topological polar surface area (TPSA) is 19.6 Å². The van der Waals surface area contributed by atoms with Gasteiger partial charge in [-0.2, -0.15) is 0 Å². The number of hydrogen-bond donors (Lipinski definition) is 0. The van der Waals surface area contributed by atoms with E-state index in [4.69, 9.17) is 16.0 Å². The predicted molar refractivity (Wildman–Crippen MR) is 244 cm³/mol. The Labute approximate surface area is 341 Å². The molecule has 0 bridgehead atoms. The number of halogens is 1. The van der Waals surface area contributed by atoms with Crippen LogP contribution in [0.3, 0.4) is 0 Å². The quantitative estimate of drug-likeness (QED) is 0.168. The molecule has 0 atom stereocenters. The first-order chi connectivity index (χ1) is 26.5. The number of fused-ring (bicyclic) bond motifs is 4. The number of nitrogens with zero attached hydrogens (tertiary/aromatic N) is 2. The van der Waals surface area contributed by atoms with Crippen molar-refractivity contribution in [2.45, 2.75) is 85.5 Å². The number of para-hydroxylation sites is 1. The molecular weight excluding hydrogens is 724 g/mol. The maximum atomic E-state index is 7.94. The normalized spacial score (nSPS) is 12.6. The van der Waals surface area contributed by atoms with Crippen molar-refractivity contribution in [2.75, 3.05) is 9.80 Å². The van der Waals surface area contributed by atoms with E-state index >= 15 is 0 Å². The van der Waals surface area contributed by atoms with Crippen molar-refractivity contribution in [2.24, 2.45) is 0 Å². The van der Waals surface area contributed by atoms with E-state index < -0.39 is 0 Å². The second-order valence-corrected chi connectivity index (χ2v) is 19.5. The van der Waals surface area contributed by atoms with E-state index in [0.717, 1.165) is 61.6 Å². The highest BCUT2D eigenvalue weighted by molar-refractivity contribution is 7.17. The van der Waals surface area contributed by atoms with Crippen LogP contribution < -0.4 is 9.80 Å². The van der Waals surface area contributed by atoms with E-state index in [1.165, 1.54) is 26.8 Å². The van der Waals surface area contributed by atoms with Gasteiger partial charge in [-0.25, -0.2) is 0 Å². The van der Waals surface area contributed by atoms with Crippen molar-refractivity contribution in [3.8, 4) is 0 Å². The summed E-state index contributed by atoms with van der Waals surface area (Å²) in [6.07, 6.45) is 0. The summed E-state index contributed by atoms with van der Waals surface area (Å²) in [5.74, 6) is 0. The number of furan rings is 1. The molecule has 5 heteroatoms. The molecule has 2 heterocycles. The molecule has 0 aliphatic heterocycles. The second kappa shape index (κ2) is 13.9. The summed E-state index contributed by atoms with van der Waals surface area (Å²) in [6, 6.07) is 43.9. The van der Waals surface area contributed by atoms with Crippen molar-refractivity contribution < 1.29 is 4.42 Å². The molecule has 3 nitrogen and oxygen atoms in total. The van der Waals surface area contributed by atoms with Crippen LogP contribution in [0.25, 0.3) is 32.0 Å². The maximum absolute atomic E-state index is 7.94. The Hall–Kier alpha value is -5.03. The Morgan fingerprint density at radius 1 is 0.500 bits per heavy atom. The fourth-order valence-electron chi connectivity index (χ4n) is 7.69. The Morgan fingerprint density at radius 2 is 1.02 bits per heavy atom. The minimum atomic E-state index is 0.00203. The molecule has 6 aromatic carbocycles. The molecule has 0 saturated heterocycles. The van der Waals surface area contributed by atoms with Gasteiger partial charge in [0.05, 0.1) is 33.2 Å². The van der Waals surface area contributed by atoms with Gasteiger partial charge in [0.25, 0.3) is 0 Å². The highest BCUT2D eigenvalue weighted by atomic mass is 35.5. The smallest absolute Gasteiger partial charge is 0.137 e. The summed E-state index contributed by atoms with van der Waals surface area (Å²) >= 11 is 9.71. The summed E-state index contributed by atoms with van der Waals surface area (Å²) in [5, 5.41) is 6.28. The van der Waals surface area contributed by atoms with Gasteiger partial charge < -0.3 is 14.2 Å². The number of anilines is 6. The third-order valence-electron chi connectivity index (χ3n) is 10.9. The summed E-state index contributed by atoms with van der Waals surface area (Å²) in [4.78, 5) is 4.69. The van der Waals surface area contributed by atoms with E-state index in [2.05, 4.69) is 194 Å². The Bertz CT molecular complexity index is 2720. The monoisotopic (exact) mass is 774 g/mol. The van der Waals surface area contributed by atoms with Gasteiger partial charge >= 0.3 is 0 Å². The third kappa shape index (κ3) is 6.88. The molecule has 8 rings (SSSR count). The van der Waals surface area contributed by atoms with Crippen LogP contribution in [0.1, 0.15) is 84.6 Å². The van der Waals surface area contributed by atoms with E-state index in [0.29, 0.717) is 5.02 Å². The highest BCUT2D eigenvalue weighted by Gasteiger charge is 2.28. The zero-order valence-corrected chi connectivity index (χ0v) is 35.8. The fourth-order valence-corrected chi connectivity index (χ4v) is 8.88. The van der Waals surface area contributed by atoms with Gasteiger partial charge in [-0.1, -0.05) is 129 Å². The first kappa shape index (κ1) is 37.9. The van der Waals surface area contributed by atoms with Crippen LogP contribution in [0.2, 0.25) is 5.02 Å². The predicted octanol–water partition coefficient (Wildman–Crippen LogP) is 16.6. The number of aryl methyl sites for hydroxylation is 1. The molecule has 2 aromatic heterocycles. The molecule has 0 unspecified atom stereocenters. The van der Waals surface area contributed by atoms with E-state index in [1.807, 2.05) is 12.1 Å². The lowest BCUT2D eigenvalue weighted by Crippen LogP contribution is -2.16. The average Bonchev–Trinajstić information content (AvgIpc) is 3.75. The van der Waals surface area contributed by atoms with Crippen LogP contribution in [-0.4, -0.2) is 0 Å². The molecule has 0 saturated carbocycles. The zero-order chi connectivity index (χ0) is 39.7. The van der Waals surface area contributed by atoms with Gasteiger partial charge in [0.15, 0.2) is 0 Å². The molecule has 0 aliphatic rings. The molecule has 0 aliphatic carbocycles. The number of hydrogen-bond acceptors (Lipinski definition) is 4. The molecule has 0 N–H and O–H groups in total. The van der Waals surface area contributed by atoms with Gasteiger partial charge in [0.1, 0.15) is 11.2 Å². The van der Waals surface area contributed by atoms with Crippen LogP contribution in [0.15, 0.2) is 131 Å². The third-order valence-corrected chi connectivity index (χ3v) is 12.3. The summed E-state index contributed by atoms with van der Waals surface area (Å²) < 4.78 is 7.69. The van der Waals surface area contributed by atoms with Crippen molar-refractivity contribution in [1.29, 1.82) is 0 Å². The van der Waals surface area contributed by atoms with Gasteiger partial charge in [-0.3, -0.25) is 0 Å². The molecule has 284 valence electrons. The van der Waals surface area contributed by atoms with Crippen LogP contribution in [0.5, 0.6) is 0 Å². The van der Waals surface area contributed by atoms with Gasteiger partial charge in [-0.15, -0.1) is 11.3 Å². The van der Waals surface area contributed by atoms with Crippen LogP contribution >= 0.6 is 22.9 Å². The largest absolute Gasteiger partial charge is 0.456 e. The molecule has 0 amide bonds. The first-order valence-electron chi connectivity index (χ1n) is 19.5. The molecule has 0 radical (unpaired) electrons. The molecule has 8 aromatic rings. The molecular formula is C51H51ClN2OS.